The quantitative estimate of drug-likeness (QED) is 0.399. The van der Waals surface area contributed by atoms with Crippen molar-refractivity contribution in [1.82, 2.24) is 25.0 Å². The molecule has 3 aromatic rings. The van der Waals surface area contributed by atoms with Crippen molar-refractivity contribution >= 4 is 42.3 Å². The third kappa shape index (κ3) is 5.47. The number of carbonyl (C=O) groups is 1. The topological polar surface area (TPSA) is 171 Å². The first-order chi connectivity index (χ1) is 15.2. The van der Waals surface area contributed by atoms with E-state index in [-0.39, 0.29) is 25.0 Å². The minimum atomic E-state index is -3.70. The molecule has 0 saturated carbocycles. The highest BCUT2D eigenvalue weighted by atomic mass is 31.2. The van der Waals surface area contributed by atoms with Gasteiger partial charge in [-0.1, -0.05) is 0 Å². The second kappa shape index (κ2) is 9.86. The van der Waals surface area contributed by atoms with E-state index in [1.807, 2.05) is 11.9 Å². The Morgan fingerprint density at radius 2 is 1.75 bits per heavy atom. The minimum Gasteiger partial charge on any atom is -0.382 e. The smallest absolute Gasteiger partial charge is 0.382 e. The van der Waals surface area contributed by atoms with Gasteiger partial charge in [0.25, 0.3) is 5.91 Å². The maximum absolute atomic E-state index is 12.5. The second-order valence-corrected chi connectivity index (χ2v) is 8.41. The first kappa shape index (κ1) is 23.3. The van der Waals surface area contributed by atoms with Crippen molar-refractivity contribution in [2.75, 3.05) is 36.6 Å². The van der Waals surface area contributed by atoms with Gasteiger partial charge in [-0.15, -0.1) is 0 Å². The lowest BCUT2D eigenvalue weighted by atomic mass is 10.2. The van der Waals surface area contributed by atoms with Crippen molar-refractivity contribution in [2.24, 2.45) is 0 Å². The first-order valence-corrected chi connectivity index (χ1v) is 11.4. The fraction of sp³-hybridized carbons (Fsp3) is 0.316. The van der Waals surface area contributed by atoms with Crippen LogP contribution in [-0.4, -0.2) is 46.1 Å². The molecule has 0 fully saturated rings. The maximum atomic E-state index is 12.5. The van der Waals surface area contributed by atoms with Crippen LogP contribution >= 0.6 is 7.75 Å². The van der Waals surface area contributed by atoms with Crippen LogP contribution < -0.4 is 21.5 Å². The highest BCUT2D eigenvalue weighted by molar-refractivity contribution is 7.52. The van der Waals surface area contributed by atoms with E-state index in [9.17, 15) is 9.36 Å². The highest BCUT2D eigenvalue weighted by Crippen LogP contribution is 2.43. The van der Waals surface area contributed by atoms with Crippen LogP contribution in [0.1, 0.15) is 29.9 Å². The average Bonchev–Trinajstić information content (AvgIpc) is 2.74. The van der Waals surface area contributed by atoms with Gasteiger partial charge >= 0.3 is 7.75 Å². The van der Waals surface area contributed by atoms with E-state index < -0.39 is 13.7 Å². The lowest BCUT2D eigenvalue weighted by Crippen LogP contribution is -2.23. The van der Waals surface area contributed by atoms with E-state index in [1.165, 1.54) is 0 Å². The molecule has 0 saturated heterocycles. The van der Waals surface area contributed by atoms with Crippen molar-refractivity contribution in [3.05, 3.63) is 41.7 Å². The largest absolute Gasteiger partial charge is 0.435 e. The number of nitrogens with one attached hydrogen (secondary N) is 1. The molecule has 0 spiro atoms. The number of rotatable bonds is 9. The zero-order chi connectivity index (χ0) is 23.3. The Labute approximate surface area is 185 Å². The van der Waals surface area contributed by atoms with Crippen LogP contribution in [0.25, 0.3) is 11.2 Å². The molecule has 1 amide bonds. The Morgan fingerprint density at radius 1 is 1.09 bits per heavy atom. The SMILES string of the molecule is CCOP(=O)(NC(=O)c1ccc(N(C)Cc2cnc3nc(N)nc(N)c3n2)cc1)OCC. The second-order valence-electron chi connectivity index (χ2n) is 6.68. The zero-order valence-electron chi connectivity index (χ0n) is 18.0. The van der Waals surface area contributed by atoms with Crippen LogP contribution in [-0.2, 0) is 20.2 Å². The number of nitrogens with two attached hydrogens (primary N) is 2. The van der Waals surface area contributed by atoms with E-state index in [0.717, 1.165) is 5.69 Å². The normalized spacial score (nSPS) is 11.5. The van der Waals surface area contributed by atoms with Gasteiger partial charge in [0.2, 0.25) is 5.95 Å². The molecule has 0 aliphatic carbocycles. The van der Waals surface area contributed by atoms with Crippen LogP contribution in [0.15, 0.2) is 30.5 Å². The third-order valence-corrected chi connectivity index (χ3v) is 5.98. The van der Waals surface area contributed by atoms with E-state index in [4.69, 9.17) is 20.5 Å². The summed E-state index contributed by atoms with van der Waals surface area (Å²) in [5, 5.41) is 2.33. The maximum Gasteiger partial charge on any atom is 0.435 e. The van der Waals surface area contributed by atoms with Crippen molar-refractivity contribution in [2.45, 2.75) is 20.4 Å². The number of fused-ring (bicyclic) bond motifs is 1. The number of carbonyl (C=O) groups excluding carboxylic acids is 1. The van der Waals surface area contributed by atoms with E-state index >= 15 is 0 Å². The van der Waals surface area contributed by atoms with Gasteiger partial charge in [-0.2, -0.15) is 9.97 Å². The molecular weight excluding hydrogens is 435 g/mol. The lowest BCUT2D eigenvalue weighted by molar-refractivity contribution is 0.0960. The van der Waals surface area contributed by atoms with E-state index in [1.54, 1.807) is 44.3 Å². The van der Waals surface area contributed by atoms with Gasteiger partial charge in [0, 0.05) is 18.3 Å². The molecule has 5 N–H and O–H groups in total. The summed E-state index contributed by atoms with van der Waals surface area (Å²) in [6.45, 7) is 4.04. The van der Waals surface area contributed by atoms with Gasteiger partial charge < -0.3 is 16.4 Å². The summed E-state index contributed by atoms with van der Waals surface area (Å²) >= 11 is 0. The fourth-order valence-electron chi connectivity index (χ4n) is 2.89. The van der Waals surface area contributed by atoms with Gasteiger partial charge in [-0.3, -0.25) is 18.9 Å². The summed E-state index contributed by atoms with van der Waals surface area (Å²) in [6, 6.07) is 6.75. The number of anilines is 3. The molecular formula is C19H25N8O4P. The molecule has 32 heavy (non-hydrogen) atoms. The Kier molecular flexibility index (Phi) is 7.18. The molecule has 0 aliphatic heterocycles. The summed E-state index contributed by atoms with van der Waals surface area (Å²) in [7, 11) is -1.84. The summed E-state index contributed by atoms with van der Waals surface area (Å²) in [5.74, 6) is -0.354. The van der Waals surface area contributed by atoms with Crippen molar-refractivity contribution < 1.29 is 18.4 Å². The number of nitrogens with zero attached hydrogens (tertiary/aromatic N) is 5. The van der Waals surface area contributed by atoms with Crippen molar-refractivity contribution in [3.63, 3.8) is 0 Å². The molecule has 170 valence electrons. The first-order valence-electron chi connectivity index (χ1n) is 9.82. The van der Waals surface area contributed by atoms with E-state index in [2.05, 4.69) is 25.0 Å². The number of benzene rings is 1. The molecule has 0 bridgehead atoms. The van der Waals surface area contributed by atoms with E-state index in [0.29, 0.717) is 29.0 Å². The van der Waals surface area contributed by atoms with Gasteiger partial charge in [0.05, 0.1) is 31.6 Å². The monoisotopic (exact) mass is 460 g/mol. The number of hydrogen-bond acceptors (Lipinski definition) is 11. The molecule has 0 radical (unpaired) electrons. The molecule has 0 aliphatic rings. The lowest BCUT2D eigenvalue weighted by Gasteiger charge is -2.20. The molecule has 2 aromatic heterocycles. The number of aromatic nitrogens is 4. The molecule has 0 unspecified atom stereocenters. The third-order valence-electron chi connectivity index (χ3n) is 4.31. The Balaban J connectivity index is 1.71. The molecule has 3 rings (SSSR count). The molecule has 2 heterocycles. The minimum absolute atomic E-state index is 0.0390. The van der Waals surface area contributed by atoms with Crippen LogP contribution in [0.4, 0.5) is 17.5 Å². The predicted molar refractivity (Wildman–Crippen MR) is 121 cm³/mol. The summed E-state index contributed by atoms with van der Waals surface area (Å²) in [5.41, 5.74) is 13.9. The number of hydrogen-bond donors (Lipinski definition) is 3. The molecule has 12 nitrogen and oxygen atoms in total. The standard InChI is InChI=1S/C19H25N8O4P/c1-4-30-32(29,31-5-2)26-18(28)12-6-8-14(9-7-12)27(3)11-13-10-22-17-15(23-13)16(20)24-19(21)25-17/h6-10H,4-5,11H2,1-3H3,(H,26,28,29)(H4,20,21,22,24,25). The van der Waals surface area contributed by atoms with Crippen molar-refractivity contribution in [1.29, 1.82) is 0 Å². The van der Waals surface area contributed by atoms with Gasteiger partial charge in [0.1, 0.15) is 0 Å². The predicted octanol–water partition coefficient (Wildman–Crippen LogP) is 2.13. The van der Waals surface area contributed by atoms with Gasteiger partial charge in [0.15, 0.2) is 17.0 Å². The molecule has 13 heteroatoms. The van der Waals surface area contributed by atoms with Crippen LogP contribution in [0.2, 0.25) is 0 Å². The molecule has 1 aromatic carbocycles. The average molecular weight is 460 g/mol. The van der Waals surface area contributed by atoms with Crippen LogP contribution in [0, 0.1) is 0 Å². The summed E-state index contributed by atoms with van der Waals surface area (Å²) in [4.78, 5) is 31.0. The Hall–Kier alpha value is -3.34. The van der Waals surface area contributed by atoms with Crippen LogP contribution in [0.5, 0.6) is 0 Å². The zero-order valence-corrected chi connectivity index (χ0v) is 18.9. The Morgan fingerprint density at radius 3 is 2.38 bits per heavy atom. The summed E-state index contributed by atoms with van der Waals surface area (Å²) < 4.78 is 22.7. The number of amides is 1. The van der Waals surface area contributed by atoms with Crippen molar-refractivity contribution in [3.8, 4) is 0 Å². The fourth-order valence-corrected chi connectivity index (χ4v) is 4.15. The number of nitrogen functional groups attached to an aromatic ring is 2. The highest BCUT2D eigenvalue weighted by Gasteiger charge is 2.27. The summed E-state index contributed by atoms with van der Waals surface area (Å²) in [6.07, 6.45) is 1.59. The van der Waals surface area contributed by atoms with Gasteiger partial charge in [-0.05, 0) is 38.1 Å². The molecule has 0 atom stereocenters. The van der Waals surface area contributed by atoms with Gasteiger partial charge in [-0.25, -0.2) is 14.5 Å². The van der Waals surface area contributed by atoms with Crippen LogP contribution in [0.3, 0.4) is 0 Å². The Bertz CT molecular complexity index is 1150.